The fraction of sp³-hybridized carbons (Fsp3) is 1.00. The molecule has 90 valence electrons. The highest BCUT2D eigenvalue weighted by Crippen LogP contribution is 2.21. The Bertz CT molecular complexity index is 192. The molecule has 1 rings (SSSR count). The molecule has 1 aliphatic rings. The molecule has 0 aromatic heterocycles. The second kappa shape index (κ2) is 6.00. The van der Waals surface area contributed by atoms with Crippen LogP contribution in [0.1, 0.15) is 0 Å². The normalized spacial score (nSPS) is 41.8. The minimum atomic E-state index is -1.36. The summed E-state index contributed by atoms with van der Waals surface area (Å²) in [4.78, 5) is 0. The molecule has 1 heterocycles. The molecule has 0 aromatic rings. The first-order valence-corrected chi connectivity index (χ1v) is 5.28. The Morgan fingerprint density at radius 2 is 1.87 bits per heavy atom. The maximum atomic E-state index is 9.58. The van der Waals surface area contributed by atoms with Crippen molar-refractivity contribution < 1.29 is 29.9 Å². The molecule has 0 aliphatic carbocycles. The van der Waals surface area contributed by atoms with Gasteiger partial charge in [0.2, 0.25) is 0 Å². The van der Waals surface area contributed by atoms with E-state index in [1.807, 2.05) is 0 Å². The molecule has 4 N–H and O–H groups in total. The molecule has 0 unspecified atom stereocenters. The molecule has 0 radical (unpaired) electrons. The lowest BCUT2D eigenvalue weighted by Gasteiger charge is -2.39. The average molecular weight is 240 g/mol. The van der Waals surface area contributed by atoms with Gasteiger partial charge >= 0.3 is 0 Å². The minimum Gasteiger partial charge on any atom is -0.394 e. The quantitative estimate of drug-likeness (QED) is 0.355. The molecule has 0 bridgehead atoms. The summed E-state index contributed by atoms with van der Waals surface area (Å²) in [6, 6.07) is 0. The van der Waals surface area contributed by atoms with Crippen LogP contribution in [0, 0.1) is 0 Å². The largest absolute Gasteiger partial charge is 0.394 e. The predicted molar refractivity (Wildman–Crippen MR) is 53.6 cm³/mol. The molecule has 1 saturated heterocycles. The number of ether oxygens (including phenoxy) is 2. The smallest absolute Gasteiger partial charge is 0.184 e. The highest BCUT2D eigenvalue weighted by atomic mass is 32.1. The van der Waals surface area contributed by atoms with Crippen LogP contribution >= 0.6 is 12.6 Å². The topological polar surface area (TPSA) is 99.4 Å². The number of hydrogen-bond acceptors (Lipinski definition) is 7. The fourth-order valence-corrected chi connectivity index (χ4v) is 1.55. The van der Waals surface area contributed by atoms with E-state index >= 15 is 0 Å². The van der Waals surface area contributed by atoms with E-state index in [9.17, 15) is 15.3 Å². The van der Waals surface area contributed by atoms with Crippen molar-refractivity contribution in [3.05, 3.63) is 0 Å². The highest BCUT2D eigenvalue weighted by molar-refractivity contribution is 7.80. The second-order valence-electron chi connectivity index (χ2n) is 3.29. The van der Waals surface area contributed by atoms with Crippen LogP contribution in [0.2, 0.25) is 0 Å². The van der Waals surface area contributed by atoms with Gasteiger partial charge in [0.15, 0.2) is 6.29 Å². The van der Waals surface area contributed by atoms with Gasteiger partial charge in [-0.3, -0.25) is 0 Å². The minimum absolute atomic E-state index is 0.224. The molecular formula is C8H16O6S. The number of hydrogen-bond donors (Lipinski definition) is 5. The first-order valence-electron chi connectivity index (χ1n) is 4.64. The predicted octanol–water partition coefficient (Wildman–Crippen LogP) is -2.27. The first-order chi connectivity index (χ1) is 7.11. The Hall–Kier alpha value is 0.110. The summed E-state index contributed by atoms with van der Waals surface area (Å²) in [6.45, 7) is -0.254. The zero-order chi connectivity index (χ0) is 11.4. The highest BCUT2D eigenvalue weighted by Gasteiger charge is 2.44. The van der Waals surface area contributed by atoms with E-state index in [2.05, 4.69) is 12.6 Å². The van der Waals surface area contributed by atoms with Crippen molar-refractivity contribution >= 4 is 12.6 Å². The SMILES string of the molecule is OC[C@H]1O[C@@H](O)[C@H](OCCS)[C@@H](O)[C@@H]1O. The molecule has 0 aromatic carbocycles. The van der Waals surface area contributed by atoms with Gasteiger partial charge in [0.05, 0.1) is 13.2 Å². The Kier molecular flexibility index (Phi) is 5.27. The van der Waals surface area contributed by atoms with Crippen LogP contribution in [0.15, 0.2) is 0 Å². The number of aliphatic hydroxyl groups excluding tert-OH is 4. The van der Waals surface area contributed by atoms with E-state index in [1.165, 1.54) is 0 Å². The lowest BCUT2D eigenvalue weighted by Crippen LogP contribution is -2.59. The molecule has 15 heavy (non-hydrogen) atoms. The van der Waals surface area contributed by atoms with Crippen LogP contribution in [-0.2, 0) is 9.47 Å². The van der Waals surface area contributed by atoms with Gasteiger partial charge < -0.3 is 29.9 Å². The Labute approximate surface area is 92.8 Å². The van der Waals surface area contributed by atoms with Gasteiger partial charge in [0.25, 0.3) is 0 Å². The van der Waals surface area contributed by atoms with E-state index in [-0.39, 0.29) is 6.61 Å². The third-order valence-electron chi connectivity index (χ3n) is 2.24. The number of thiol groups is 1. The molecule has 5 atom stereocenters. The monoisotopic (exact) mass is 240 g/mol. The zero-order valence-corrected chi connectivity index (χ0v) is 8.96. The molecule has 0 spiro atoms. The Morgan fingerprint density at radius 3 is 2.40 bits per heavy atom. The summed E-state index contributed by atoms with van der Waals surface area (Å²) in [5.74, 6) is 0.426. The third kappa shape index (κ3) is 3.04. The van der Waals surface area contributed by atoms with Gasteiger partial charge in [-0.05, 0) is 0 Å². The number of rotatable bonds is 4. The molecule has 1 fully saturated rings. The summed E-state index contributed by atoms with van der Waals surface area (Å²) in [5.41, 5.74) is 0. The van der Waals surface area contributed by atoms with Crippen molar-refractivity contribution in [2.75, 3.05) is 19.0 Å². The lowest BCUT2D eigenvalue weighted by atomic mass is 9.99. The van der Waals surface area contributed by atoms with Crippen LogP contribution < -0.4 is 0 Å². The van der Waals surface area contributed by atoms with Crippen LogP contribution in [0.25, 0.3) is 0 Å². The van der Waals surface area contributed by atoms with Crippen molar-refractivity contribution in [3.8, 4) is 0 Å². The van der Waals surface area contributed by atoms with E-state index in [4.69, 9.17) is 14.6 Å². The van der Waals surface area contributed by atoms with E-state index in [0.717, 1.165) is 0 Å². The fourth-order valence-electron chi connectivity index (χ4n) is 1.44. The van der Waals surface area contributed by atoms with Crippen molar-refractivity contribution in [2.45, 2.75) is 30.7 Å². The maximum Gasteiger partial charge on any atom is 0.184 e. The Morgan fingerprint density at radius 1 is 1.20 bits per heavy atom. The third-order valence-corrected chi connectivity index (χ3v) is 2.43. The van der Waals surface area contributed by atoms with Gasteiger partial charge in [-0.1, -0.05) is 0 Å². The van der Waals surface area contributed by atoms with Gasteiger partial charge in [-0.15, -0.1) is 0 Å². The van der Waals surface area contributed by atoms with Crippen molar-refractivity contribution in [1.29, 1.82) is 0 Å². The van der Waals surface area contributed by atoms with E-state index in [1.54, 1.807) is 0 Å². The summed E-state index contributed by atoms with van der Waals surface area (Å²) in [7, 11) is 0. The molecule has 7 heteroatoms. The summed E-state index contributed by atoms with van der Waals surface area (Å²) in [5, 5.41) is 37.3. The maximum absolute atomic E-state index is 9.58. The van der Waals surface area contributed by atoms with Crippen molar-refractivity contribution in [2.24, 2.45) is 0 Å². The lowest BCUT2D eigenvalue weighted by molar-refractivity contribution is -0.295. The summed E-state index contributed by atoms with van der Waals surface area (Å²) < 4.78 is 9.95. The molecule has 0 amide bonds. The second-order valence-corrected chi connectivity index (χ2v) is 3.74. The van der Waals surface area contributed by atoms with E-state index in [0.29, 0.717) is 5.75 Å². The van der Waals surface area contributed by atoms with Gasteiger partial charge in [-0.2, -0.15) is 12.6 Å². The molecule has 0 saturated carbocycles. The van der Waals surface area contributed by atoms with Gasteiger partial charge in [-0.25, -0.2) is 0 Å². The van der Waals surface area contributed by atoms with E-state index < -0.39 is 37.3 Å². The average Bonchev–Trinajstić information content (AvgIpc) is 2.23. The van der Waals surface area contributed by atoms with Crippen LogP contribution in [0.4, 0.5) is 0 Å². The molecule has 6 nitrogen and oxygen atoms in total. The van der Waals surface area contributed by atoms with Crippen LogP contribution in [0.3, 0.4) is 0 Å². The summed E-state index contributed by atoms with van der Waals surface area (Å²) in [6.07, 6.45) is -5.93. The summed E-state index contributed by atoms with van der Waals surface area (Å²) >= 11 is 3.91. The van der Waals surface area contributed by atoms with Crippen molar-refractivity contribution in [3.63, 3.8) is 0 Å². The molecular weight excluding hydrogens is 224 g/mol. The van der Waals surface area contributed by atoms with Gasteiger partial charge in [0, 0.05) is 5.75 Å². The van der Waals surface area contributed by atoms with Gasteiger partial charge in [0.1, 0.15) is 24.4 Å². The standard InChI is InChI=1S/C8H16O6S/c9-3-4-5(10)6(11)7(8(12)14-4)13-1-2-15/h4-12,15H,1-3H2/t4-,5-,6+,7-,8-/m1/s1. The zero-order valence-electron chi connectivity index (χ0n) is 8.06. The van der Waals surface area contributed by atoms with Crippen LogP contribution in [0.5, 0.6) is 0 Å². The van der Waals surface area contributed by atoms with Crippen LogP contribution in [-0.4, -0.2) is 70.1 Å². The Balaban J connectivity index is 2.58. The molecule has 1 aliphatic heterocycles. The van der Waals surface area contributed by atoms with Crippen molar-refractivity contribution in [1.82, 2.24) is 0 Å². The number of aliphatic hydroxyl groups is 4. The first kappa shape index (κ1) is 13.2.